The molecule has 3 aromatic rings. The second-order valence-corrected chi connectivity index (χ2v) is 7.76. The summed E-state index contributed by atoms with van der Waals surface area (Å²) in [4.78, 5) is 25.4. The van der Waals surface area contributed by atoms with Crippen molar-refractivity contribution in [2.24, 2.45) is 0 Å². The molecule has 0 fully saturated rings. The van der Waals surface area contributed by atoms with Crippen LogP contribution < -0.4 is 11.0 Å². The fourth-order valence-electron chi connectivity index (χ4n) is 3.41. The van der Waals surface area contributed by atoms with E-state index in [9.17, 15) is 9.59 Å². The van der Waals surface area contributed by atoms with Crippen molar-refractivity contribution in [2.45, 2.75) is 37.1 Å². The lowest BCUT2D eigenvalue weighted by atomic mass is 10.1. The number of nitrogens with zero attached hydrogens (tertiary/aromatic N) is 3. The van der Waals surface area contributed by atoms with Gasteiger partial charge in [0, 0.05) is 24.2 Å². The van der Waals surface area contributed by atoms with E-state index in [0.29, 0.717) is 30.9 Å². The minimum absolute atomic E-state index is 0.0165. The maximum Gasteiger partial charge on any atom is 0.350 e. The Morgan fingerprint density at radius 3 is 2.96 bits per heavy atom. The van der Waals surface area contributed by atoms with Gasteiger partial charge in [-0.25, -0.2) is 9.48 Å². The van der Waals surface area contributed by atoms with Gasteiger partial charge in [0.05, 0.1) is 5.75 Å². The fourth-order valence-corrected chi connectivity index (χ4v) is 4.20. The van der Waals surface area contributed by atoms with E-state index < -0.39 is 0 Å². The van der Waals surface area contributed by atoms with Crippen molar-refractivity contribution < 1.29 is 4.79 Å². The number of amides is 1. The maximum atomic E-state index is 12.2. The molecule has 1 aliphatic rings. The maximum absolute atomic E-state index is 12.2. The van der Waals surface area contributed by atoms with Gasteiger partial charge in [-0.2, -0.15) is 0 Å². The highest BCUT2D eigenvalue weighted by Crippen LogP contribution is 2.27. The zero-order valence-corrected chi connectivity index (χ0v) is 15.9. The van der Waals surface area contributed by atoms with Gasteiger partial charge in [0.25, 0.3) is 0 Å². The average Bonchev–Trinajstić information content (AvgIpc) is 3.28. The van der Waals surface area contributed by atoms with Crippen LogP contribution in [0.5, 0.6) is 0 Å². The van der Waals surface area contributed by atoms with Gasteiger partial charge < -0.3 is 5.32 Å². The van der Waals surface area contributed by atoms with Gasteiger partial charge in [0.1, 0.15) is 0 Å². The van der Waals surface area contributed by atoms with Gasteiger partial charge in [-0.3, -0.25) is 9.20 Å². The normalized spacial score (nSPS) is 13.0. The number of aromatic nitrogens is 3. The minimum atomic E-state index is -0.149. The molecule has 27 heavy (non-hydrogen) atoms. The van der Waals surface area contributed by atoms with E-state index in [4.69, 9.17) is 0 Å². The number of carbonyl (C=O) groups excluding carboxylic acids is 1. The van der Waals surface area contributed by atoms with Gasteiger partial charge in [-0.1, -0.05) is 12.1 Å². The van der Waals surface area contributed by atoms with Crippen LogP contribution in [0.15, 0.2) is 52.3 Å². The Kier molecular flexibility index (Phi) is 5.29. The van der Waals surface area contributed by atoms with Crippen molar-refractivity contribution >= 4 is 23.3 Å². The van der Waals surface area contributed by atoms with Crippen LogP contribution in [-0.4, -0.2) is 32.4 Å². The highest BCUT2D eigenvalue weighted by Gasteiger charge is 2.11. The van der Waals surface area contributed by atoms with Crippen molar-refractivity contribution in [3.63, 3.8) is 0 Å². The van der Waals surface area contributed by atoms with Crippen molar-refractivity contribution in [1.29, 1.82) is 0 Å². The van der Waals surface area contributed by atoms with Gasteiger partial charge in [0.2, 0.25) is 5.91 Å². The molecule has 0 atom stereocenters. The number of aryl methyl sites for hydroxylation is 3. The van der Waals surface area contributed by atoms with Crippen LogP contribution in [0, 0.1) is 0 Å². The Hall–Kier alpha value is -2.54. The van der Waals surface area contributed by atoms with E-state index in [0.717, 1.165) is 11.3 Å². The van der Waals surface area contributed by atoms with Gasteiger partial charge in [-0.05, 0) is 61.1 Å². The fraction of sp³-hybridized carbons (Fsp3) is 0.350. The van der Waals surface area contributed by atoms with E-state index in [1.54, 1.807) is 30.1 Å². The van der Waals surface area contributed by atoms with Gasteiger partial charge in [0.15, 0.2) is 5.65 Å². The van der Waals surface area contributed by atoms with Crippen LogP contribution in [0.4, 0.5) is 0 Å². The monoisotopic (exact) mass is 382 g/mol. The third-order valence-electron chi connectivity index (χ3n) is 4.80. The lowest BCUT2D eigenvalue weighted by Gasteiger charge is -2.06. The molecule has 1 aromatic carbocycles. The second-order valence-electron chi connectivity index (χ2n) is 6.71. The number of nitrogens with one attached hydrogen (secondary N) is 1. The predicted molar refractivity (Wildman–Crippen MR) is 106 cm³/mol. The Morgan fingerprint density at radius 1 is 1.19 bits per heavy atom. The van der Waals surface area contributed by atoms with E-state index in [-0.39, 0.29) is 11.6 Å². The molecule has 0 radical (unpaired) electrons. The van der Waals surface area contributed by atoms with Crippen molar-refractivity contribution in [1.82, 2.24) is 19.5 Å². The van der Waals surface area contributed by atoms with Gasteiger partial charge in [-0.15, -0.1) is 16.9 Å². The molecular formula is C20H22N4O2S. The molecule has 2 heterocycles. The molecule has 1 N–H and O–H groups in total. The summed E-state index contributed by atoms with van der Waals surface area (Å²) >= 11 is 1.57. The number of hydrogen-bond acceptors (Lipinski definition) is 4. The smallest absolute Gasteiger partial charge is 0.350 e. The van der Waals surface area contributed by atoms with E-state index in [1.807, 2.05) is 6.07 Å². The number of thioether (sulfide) groups is 1. The molecule has 0 saturated carbocycles. The molecule has 0 spiro atoms. The Labute approximate surface area is 161 Å². The first-order valence-corrected chi connectivity index (χ1v) is 10.2. The van der Waals surface area contributed by atoms with Crippen LogP contribution in [0.1, 0.15) is 24.0 Å². The van der Waals surface area contributed by atoms with Crippen LogP contribution in [0.25, 0.3) is 5.65 Å². The predicted octanol–water partition coefficient (Wildman–Crippen LogP) is 2.28. The average molecular weight is 382 g/mol. The Balaban J connectivity index is 1.21. The van der Waals surface area contributed by atoms with Crippen molar-refractivity contribution in [2.75, 3.05) is 12.3 Å². The molecule has 140 valence electrons. The third-order valence-corrected chi connectivity index (χ3v) is 5.79. The number of rotatable bonds is 7. The summed E-state index contributed by atoms with van der Waals surface area (Å²) in [7, 11) is 0. The lowest BCUT2D eigenvalue weighted by Crippen LogP contribution is -2.28. The van der Waals surface area contributed by atoms with E-state index >= 15 is 0 Å². The molecule has 7 heteroatoms. The summed E-state index contributed by atoms with van der Waals surface area (Å²) in [6.45, 7) is 1.02. The largest absolute Gasteiger partial charge is 0.355 e. The molecule has 4 rings (SSSR count). The summed E-state index contributed by atoms with van der Waals surface area (Å²) in [6.07, 6.45) is 5.94. The number of carbonyl (C=O) groups is 1. The zero-order chi connectivity index (χ0) is 18.6. The van der Waals surface area contributed by atoms with E-state index in [2.05, 4.69) is 28.6 Å². The molecule has 0 bridgehead atoms. The van der Waals surface area contributed by atoms with Crippen LogP contribution in [-0.2, 0) is 24.2 Å². The summed E-state index contributed by atoms with van der Waals surface area (Å²) in [5.74, 6) is 0.426. The summed E-state index contributed by atoms with van der Waals surface area (Å²) in [5, 5.41) is 7.20. The molecule has 1 aliphatic carbocycles. The Morgan fingerprint density at radius 2 is 2.07 bits per heavy atom. The van der Waals surface area contributed by atoms with E-state index in [1.165, 1.54) is 33.1 Å². The SMILES string of the molecule is O=C(CSc1ccc2c(c1)CCC2)NCCCn1nc2ccccn2c1=O. The van der Waals surface area contributed by atoms with Crippen molar-refractivity contribution in [3.8, 4) is 0 Å². The first-order chi connectivity index (χ1) is 13.2. The summed E-state index contributed by atoms with van der Waals surface area (Å²) in [6, 6.07) is 12.0. The highest BCUT2D eigenvalue weighted by atomic mass is 32.2. The number of fused-ring (bicyclic) bond motifs is 2. The summed E-state index contributed by atoms with van der Waals surface area (Å²) < 4.78 is 2.96. The first kappa shape index (κ1) is 17.9. The molecule has 0 saturated heterocycles. The lowest BCUT2D eigenvalue weighted by molar-refractivity contribution is -0.118. The second kappa shape index (κ2) is 8.00. The topological polar surface area (TPSA) is 68.4 Å². The standard InChI is InChI=1S/C20H22N4O2S/c25-19(14-27-17-9-8-15-5-3-6-16(15)13-17)21-10-4-12-24-20(26)23-11-2-1-7-18(23)22-24/h1-2,7-9,11,13H,3-6,10,12,14H2,(H,21,25). The molecular weight excluding hydrogens is 360 g/mol. The van der Waals surface area contributed by atoms with Gasteiger partial charge >= 0.3 is 5.69 Å². The molecule has 6 nitrogen and oxygen atoms in total. The number of benzene rings is 1. The third kappa shape index (κ3) is 4.08. The van der Waals surface area contributed by atoms with Crippen LogP contribution >= 0.6 is 11.8 Å². The highest BCUT2D eigenvalue weighted by molar-refractivity contribution is 8.00. The zero-order valence-electron chi connectivity index (χ0n) is 15.1. The minimum Gasteiger partial charge on any atom is -0.355 e. The molecule has 2 aromatic heterocycles. The molecule has 0 unspecified atom stereocenters. The molecule has 1 amide bonds. The summed E-state index contributed by atoms with van der Waals surface area (Å²) in [5.41, 5.74) is 3.37. The quantitative estimate of drug-likeness (QED) is 0.503. The molecule has 0 aliphatic heterocycles. The number of pyridine rings is 1. The number of hydrogen-bond donors (Lipinski definition) is 1. The first-order valence-electron chi connectivity index (χ1n) is 9.26. The van der Waals surface area contributed by atoms with Crippen molar-refractivity contribution in [3.05, 3.63) is 64.2 Å². The Bertz CT molecular complexity index is 1020. The van der Waals surface area contributed by atoms with Crippen LogP contribution in [0.3, 0.4) is 0 Å². The van der Waals surface area contributed by atoms with Crippen LogP contribution in [0.2, 0.25) is 0 Å².